The fraction of sp³-hybridized carbons (Fsp3) is 0.464. The summed E-state index contributed by atoms with van der Waals surface area (Å²) in [4.78, 5) is 14.3. The molecule has 0 spiro atoms. The zero-order chi connectivity index (χ0) is 23.4. The minimum atomic E-state index is -0.204. The Labute approximate surface area is 201 Å². The smallest absolute Gasteiger partial charge is 0.248 e. The number of ether oxygens (including phenoxy) is 1. The monoisotopic (exact) mass is 462 g/mol. The fourth-order valence-corrected chi connectivity index (χ4v) is 5.72. The van der Waals surface area contributed by atoms with Gasteiger partial charge in [0.1, 0.15) is 24.7 Å². The lowest BCUT2D eigenvalue weighted by Gasteiger charge is -2.49. The summed E-state index contributed by atoms with van der Waals surface area (Å²) < 4.78 is 7.43. The van der Waals surface area contributed by atoms with Gasteiger partial charge >= 0.3 is 0 Å². The van der Waals surface area contributed by atoms with Crippen molar-refractivity contribution in [1.82, 2.24) is 10.3 Å². The number of phenolic OH excluding ortho intramolecular Hbond substituents is 1. The number of quaternary nitrogens is 1. The third-order valence-electron chi connectivity index (χ3n) is 7.89. The molecule has 0 radical (unpaired) electrons. The summed E-state index contributed by atoms with van der Waals surface area (Å²) in [5.41, 5.74) is 2.69. The molecule has 3 fully saturated rings. The van der Waals surface area contributed by atoms with E-state index in [-0.39, 0.29) is 11.3 Å². The van der Waals surface area contributed by atoms with Crippen molar-refractivity contribution in [2.45, 2.75) is 32.1 Å². The van der Waals surface area contributed by atoms with Crippen LogP contribution in [0.1, 0.15) is 30.4 Å². The van der Waals surface area contributed by atoms with Crippen molar-refractivity contribution in [1.29, 1.82) is 0 Å². The number of pyridine rings is 1. The molecule has 3 aromatic rings. The molecule has 4 heterocycles. The second-order valence-electron chi connectivity index (χ2n) is 10.1. The van der Waals surface area contributed by atoms with Crippen LogP contribution in [0.25, 0.3) is 10.9 Å². The molecule has 2 bridgehead atoms. The first kappa shape index (κ1) is 22.9. The number of fused-ring (bicyclic) bond motifs is 4. The topological polar surface area (TPSA) is 74.3 Å². The van der Waals surface area contributed by atoms with E-state index in [0.717, 1.165) is 61.7 Å². The Morgan fingerprint density at radius 3 is 2.62 bits per heavy atom. The molecule has 6 heteroatoms. The zero-order valence-electron chi connectivity index (χ0n) is 19.9. The van der Waals surface area contributed by atoms with E-state index in [1.54, 1.807) is 12.1 Å². The number of aromatic nitrogens is 1. The number of benzene rings is 2. The second kappa shape index (κ2) is 10.2. The number of hydrogen-bond acceptors (Lipinski definition) is 4. The summed E-state index contributed by atoms with van der Waals surface area (Å²) in [6.45, 7) is 7.69. The van der Waals surface area contributed by atoms with Crippen molar-refractivity contribution < 1.29 is 14.3 Å². The summed E-state index contributed by atoms with van der Waals surface area (Å²) in [6, 6.07) is 15.4. The van der Waals surface area contributed by atoms with Crippen LogP contribution in [-0.4, -0.2) is 60.4 Å². The molecule has 3 aliphatic heterocycles. The summed E-state index contributed by atoms with van der Waals surface area (Å²) in [5, 5.41) is 14.4. The molecule has 180 valence electrons. The zero-order valence-corrected chi connectivity index (χ0v) is 19.9. The van der Waals surface area contributed by atoms with Gasteiger partial charge in [-0.3, -0.25) is 4.79 Å². The van der Waals surface area contributed by atoms with Crippen molar-refractivity contribution in [2.24, 2.45) is 5.92 Å². The highest BCUT2D eigenvalue weighted by atomic mass is 16.5. The fourth-order valence-electron chi connectivity index (χ4n) is 5.72. The highest BCUT2D eigenvalue weighted by Gasteiger charge is 2.39. The maximum atomic E-state index is 11.6. The molecule has 3 saturated heterocycles. The van der Waals surface area contributed by atoms with Crippen molar-refractivity contribution in [3.63, 3.8) is 0 Å². The molecule has 0 unspecified atom stereocenters. The van der Waals surface area contributed by atoms with Crippen molar-refractivity contribution in [3.05, 3.63) is 70.0 Å². The molecule has 0 amide bonds. The van der Waals surface area contributed by atoms with Crippen LogP contribution in [0.3, 0.4) is 0 Å². The quantitative estimate of drug-likeness (QED) is 0.318. The molecule has 6 nitrogen and oxygen atoms in total. The molecule has 3 N–H and O–H groups in total. The largest absolute Gasteiger partial charge is 0.506 e. The van der Waals surface area contributed by atoms with E-state index in [1.807, 2.05) is 6.07 Å². The molecular formula is C28H36N3O3+. The van der Waals surface area contributed by atoms with E-state index in [4.69, 9.17) is 4.74 Å². The average Bonchev–Trinajstić information content (AvgIpc) is 2.86. The van der Waals surface area contributed by atoms with Crippen molar-refractivity contribution in [3.8, 4) is 11.5 Å². The number of piperidine rings is 3. The molecule has 0 atom stereocenters. The first-order valence-corrected chi connectivity index (χ1v) is 12.7. The number of hydrogen-bond donors (Lipinski definition) is 3. The second-order valence-corrected chi connectivity index (χ2v) is 10.1. The lowest BCUT2D eigenvalue weighted by atomic mass is 9.86. The van der Waals surface area contributed by atoms with Crippen LogP contribution >= 0.6 is 0 Å². The van der Waals surface area contributed by atoms with Crippen LogP contribution in [0.5, 0.6) is 11.5 Å². The van der Waals surface area contributed by atoms with Gasteiger partial charge in [-0.15, -0.1) is 0 Å². The minimum Gasteiger partial charge on any atom is -0.506 e. The van der Waals surface area contributed by atoms with Crippen LogP contribution in [-0.2, 0) is 12.8 Å². The standard InChI is InChI=1S/C28H35N3O3/c32-26-6-4-23(25-5-7-27(33)30-28(25)26)9-14-29-13-8-22-2-1-3-24(20-22)34-19-18-31-15-10-21(11-16-31)12-17-31/h1-7,20-21,29H,8-19H2,(H-,30,32,33)/p+1. The Bertz CT molecular complexity index is 1170. The van der Waals surface area contributed by atoms with E-state index in [9.17, 15) is 9.90 Å². The van der Waals surface area contributed by atoms with Crippen LogP contribution in [0, 0.1) is 5.92 Å². The number of H-pyrrole nitrogens is 1. The van der Waals surface area contributed by atoms with Gasteiger partial charge in [0.05, 0.1) is 25.2 Å². The molecule has 0 aliphatic carbocycles. The Kier molecular flexibility index (Phi) is 6.88. The minimum absolute atomic E-state index is 0.108. The van der Waals surface area contributed by atoms with Crippen LogP contribution in [0.2, 0.25) is 0 Å². The highest BCUT2D eigenvalue weighted by molar-refractivity contribution is 5.87. The Balaban J connectivity index is 1.07. The number of phenols is 1. The van der Waals surface area contributed by atoms with Gasteiger partial charge in [-0.25, -0.2) is 0 Å². The van der Waals surface area contributed by atoms with Gasteiger partial charge < -0.3 is 24.6 Å². The van der Waals surface area contributed by atoms with Gasteiger partial charge in [0.2, 0.25) is 5.56 Å². The lowest BCUT2D eigenvalue weighted by molar-refractivity contribution is -0.942. The van der Waals surface area contributed by atoms with Crippen LogP contribution in [0.4, 0.5) is 0 Å². The van der Waals surface area contributed by atoms with E-state index in [0.29, 0.717) is 5.52 Å². The van der Waals surface area contributed by atoms with E-state index >= 15 is 0 Å². The maximum Gasteiger partial charge on any atom is 0.248 e. The van der Waals surface area contributed by atoms with Gasteiger partial charge in [0.25, 0.3) is 0 Å². The van der Waals surface area contributed by atoms with E-state index < -0.39 is 0 Å². The predicted octanol–water partition coefficient (Wildman–Crippen LogP) is 3.62. The molecule has 1 aromatic heterocycles. The molecule has 0 saturated carbocycles. The number of rotatable bonds is 10. The molecule has 2 aromatic carbocycles. The number of aromatic hydroxyl groups is 1. The summed E-state index contributed by atoms with van der Waals surface area (Å²) in [5.74, 6) is 2.08. The number of nitrogens with one attached hydrogen (secondary N) is 2. The van der Waals surface area contributed by atoms with Gasteiger partial charge in [-0.2, -0.15) is 0 Å². The predicted molar refractivity (Wildman–Crippen MR) is 136 cm³/mol. The number of aromatic amines is 1. The average molecular weight is 463 g/mol. The van der Waals surface area contributed by atoms with Crippen molar-refractivity contribution >= 4 is 10.9 Å². The summed E-state index contributed by atoms with van der Waals surface area (Å²) in [7, 11) is 0. The van der Waals surface area contributed by atoms with Gasteiger partial charge in [0, 0.05) is 11.5 Å². The number of nitrogens with zero attached hydrogens (tertiary/aromatic N) is 1. The summed E-state index contributed by atoms with van der Waals surface area (Å²) in [6.07, 6.45) is 6.00. The summed E-state index contributed by atoms with van der Waals surface area (Å²) >= 11 is 0. The SMILES string of the molecule is O=c1ccc2c(CCNCCc3cccc(OCC[N+]45CCC(CC4)CC5)c3)ccc(O)c2[nH]1. The van der Waals surface area contributed by atoms with Gasteiger partial charge in [-0.1, -0.05) is 18.2 Å². The van der Waals surface area contributed by atoms with Crippen molar-refractivity contribution in [2.75, 3.05) is 45.9 Å². The van der Waals surface area contributed by atoms with Crippen LogP contribution in [0.15, 0.2) is 53.3 Å². The molecule has 34 heavy (non-hydrogen) atoms. The van der Waals surface area contributed by atoms with Gasteiger partial charge in [0.15, 0.2) is 0 Å². The normalized spacial score (nSPS) is 21.7. The first-order chi connectivity index (χ1) is 16.6. The third-order valence-corrected chi connectivity index (χ3v) is 7.89. The lowest BCUT2D eigenvalue weighted by Crippen LogP contribution is -2.59. The van der Waals surface area contributed by atoms with Crippen LogP contribution < -0.4 is 15.6 Å². The Hall–Kier alpha value is -2.83. The van der Waals surface area contributed by atoms with E-state index in [1.165, 1.54) is 55.0 Å². The Morgan fingerprint density at radius 1 is 1.00 bits per heavy atom. The first-order valence-electron chi connectivity index (χ1n) is 12.7. The third kappa shape index (κ3) is 5.29. The maximum absolute atomic E-state index is 11.6. The Morgan fingerprint density at radius 2 is 1.79 bits per heavy atom. The molecule has 3 aliphatic rings. The molecule has 6 rings (SSSR count). The van der Waals surface area contributed by atoms with E-state index in [2.05, 4.69) is 34.6 Å². The molecular weight excluding hydrogens is 426 g/mol. The highest BCUT2D eigenvalue weighted by Crippen LogP contribution is 2.33. The van der Waals surface area contributed by atoms with Gasteiger partial charge in [-0.05, 0) is 86.5 Å².